The molecule has 0 heterocycles. The van der Waals surface area contributed by atoms with Crippen molar-refractivity contribution in [2.24, 2.45) is 0 Å². The summed E-state index contributed by atoms with van der Waals surface area (Å²) in [4.78, 5) is 10.4. The summed E-state index contributed by atoms with van der Waals surface area (Å²) >= 11 is 0. The number of hydrogen-bond acceptors (Lipinski definition) is 2. The molecule has 0 saturated carbocycles. The van der Waals surface area contributed by atoms with Crippen LogP contribution in [0.1, 0.15) is 61.6 Å². The van der Waals surface area contributed by atoms with E-state index >= 15 is 0 Å². The van der Waals surface area contributed by atoms with Gasteiger partial charge in [-0.25, -0.2) is 4.79 Å². The second-order valence-electron chi connectivity index (χ2n) is 6.38. The molecule has 134 valence electrons. The van der Waals surface area contributed by atoms with Crippen LogP contribution in [0.2, 0.25) is 0 Å². The molecule has 1 atom stereocenters. The van der Waals surface area contributed by atoms with E-state index in [1.165, 1.54) is 16.7 Å². The lowest BCUT2D eigenvalue weighted by atomic mass is 9.83. The smallest absolute Gasteiger partial charge is 0.450 e. The summed E-state index contributed by atoms with van der Waals surface area (Å²) in [7, 11) is 0. The van der Waals surface area contributed by atoms with Gasteiger partial charge in [0.2, 0.25) is 0 Å². The molecule has 0 aliphatic heterocycles. The number of aryl methyl sites for hydroxylation is 1. The summed E-state index contributed by atoms with van der Waals surface area (Å²) in [6, 6.07) is 19.4. The maximum Gasteiger partial charge on any atom is 0.505 e. The van der Waals surface area contributed by atoms with Crippen LogP contribution in [0.15, 0.2) is 54.6 Å². The maximum atomic E-state index is 10.4. The maximum absolute atomic E-state index is 10.4. The Morgan fingerprint density at radius 2 is 1.72 bits per heavy atom. The Kier molecular flexibility index (Phi) is 8.03. The van der Waals surface area contributed by atoms with Crippen LogP contribution < -0.4 is 0 Å². The zero-order valence-electron chi connectivity index (χ0n) is 15.0. The SMILES string of the molecule is CCCc1ccccc1C(CCCCCOC(=O)O)c1ccccc1. The average molecular weight is 340 g/mol. The van der Waals surface area contributed by atoms with Gasteiger partial charge in [-0.05, 0) is 36.0 Å². The first-order chi connectivity index (χ1) is 12.2. The van der Waals surface area contributed by atoms with E-state index in [-0.39, 0.29) is 6.61 Å². The Bertz CT molecular complexity index is 637. The van der Waals surface area contributed by atoms with Gasteiger partial charge in [0, 0.05) is 5.92 Å². The lowest BCUT2D eigenvalue weighted by molar-refractivity contribution is 0.0899. The monoisotopic (exact) mass is 340 g/mol. The van der Waals surface area contributed by atoms with Crippen molar-refractivity contribution in [3.63, 3.8) is 0 Å². The van der Waals surface area contributed by atoms with E-state index in [0.29, 0.717) is 5.92 Å². The summed E-state index contributed by atoms with van der Waals surface area (Å²) < 4.78 is 4.59. The highest BCUT2D eigenvalue weighted by atomic mass is 16.7. The molecule has 0 amide bonds. The largest absolute Gasteiger partial charge is 0.505 e. The fourth-order valence-electron chi connectivity index (χ4n) is 3.35. The third kappa shape index (κ3) is 6.26. The molecule has 25 heavy (non-hydrogen) atoms. The van der Waals surface area contributed by atoms with Gasteiger partial charge in [-0.3, -0.25) is 0 Å². The third-order valence-electron chi connectivity index (χ3n) is 4.51. The van der Waals surface area contributed by atoms with Crippen molar-refractivity contribution in [1.29, 1.82) is 0 Å². The van der Waals surface area contributed by atoms with Gasteiger partial charge in [-0.2, -0.15) is 0 Å². The number of rotatable bonds is 10. The van der Waals surface area contributed by atoms with Crippen molar-refractivity contribution in [1.82, 2.24) is 0 Å². The van der Waals surface area contributed by atoms with Crippen LogP contribution in [0.4, 0.5) is 4.79 Å². The Morgan fingerprint density at radius 1 is 1.00 bits per heavy atom. The van der Waals surface area contributed by atoms with Crippen molar-refractivity contribution >= 4 is 6.16 Å². The minimum absolute atomic E-state index is 0.289. The molecule has 3 heteroatoms. The highest BCUT2D eigenvalue weighted by molar-refractivity contribution is 5.56. The van der Waals surface area contributed by atoms with Gasteiger partial charge in [0.15, 0.2) is 0 Å². The predicted molar refractivity (Wildman–Crippen MR) is 101 cm³/mol. The Hall–Kier alpha value is -2.29. The Morgan fingerprint density at radius 3 is 2.44 bits per heavy atom. The van der Waals surface area contributed by atoms with E-state index in [9.17, 15) is 4.79 Å². The summed E-state index contributed by atoms with van der Waals surface area (Å²) in [6.45, 7) is 2.51. The molecule has 0 fully saturated rings. The van der Waals surface area contributed by atoms with Crippen molar-refractivity contribution < 1.29 is 14.6 Å². The average Bonchev–Trinajstić information content (AvgIpc) is 2.63. The zero-order chi connectivity index (χ0) is 17.9. The topological polar surface area (TPSA) is 46.5 Å². The number of unbranched alkanes of at least 4 members (excludes halogenated alkanes) is 2. The van der Waals surface area contributed by atoms with E-state index < -0.39 is 6.16 Å². The van der Waals surface area contributed by atoms with Crippen molar-refractivity contribution in [3.05, 3.63) is 71.3 Å². The quantitative estimate of drug-likeness (QED) is 0.424. The van der Waals surface area contributed by atoms with Crippen LogP contribution in [-0.2, 0) is 11.2 Å². The molecule has 0 radical (unpaired) electrons. The number of hydrogen-bond donors (Lipinski definition) is 1. The second kappa shape index (κ2) is 10.5. The lowest BCUT2D eigenvalue weighted by Gasteiger charge is -2.21. The van der Waals surface area contributed by atoms with Crippen molar-refractivity contribution in [3.8, 4) is 0 Å². The molecule has 0 aromatic heterocycles. The second-order valence-corrected chi connectivity index (χ2v) is 6.38. The highest BCUT2D eigenvalue weighted by Gasteiger charge is 2.16. The molecule has 0 aliphatic carbocycles. The van der Waals surface area contributed by atoms with Gasteiger partial charge < -0.3 is 9.84 Å². The van der Waals surface area contributed by atoms with Gasteiger partial charge in [-0.1, -0.05) is 80.8 Å². The molecule has 2 aromatic rings. The summed E-state index contributed by atoms with van der Waals surface area (Å²) in [5.74, 6) is 0.393. The van der Waals surface area contributed by atoms with Gasteiger partial charge in [-0.15, -0.1) is 0 Å². The van der Waals surface area contributed by atoms with Crippen LogP contribution in [-0.4, -0.2) is 17.9 Å². The van der Waals surface area contributed by atoms with E-state index in [1.807, 2.05) is 0 Å². The molecule has 3 nitrogen and oxygen atoms in total. The minimum Gasteiger partial charge on any atom is -0.450 e. The number of carboxylic acid groups (broad SMARTS) is 1. The Balaban J connectivity index is 2.06. The molecule has 1 N–H and O–H groups in total. The van der Waals surface area contributed by atoms with Crippen LogP contribution >= 0.6 is 0 Å². The standard InChI is InChI=1S/C22H28O3/c1-2-11-18-14-8-9-16-20(18)21(19-12-5-3-6-13-19)15-7-4-10-17-25-22(23)24/h3,5-6,8-9,12-14,16,21H,2,4,7,10-11,15,17H2,1H3,(H,23,24). The molecule has 0 saturated heterocycles. The van der Waals surface area contributed by atoms with Gasteiger partial charge >= 0.3 is 6.16 Å². The van der Waals surface area contributed by atoms with Crippen LogP contribution in [0, 0.1) is 0 Å². The molecule has 1 unspecified atom stereocenters. The molecule has 2 rings (SSSR count). The molecule has 0 aliphatic rings. The van der Waals surface area contributed by atoms with Crippen molar-refractivity contribution in [2.45, 2.75) is 51.4 Å². The summed E-state index contributed by atoms with van der Waals surface area (Å²) in [5.41, 5.74) is 4.22. The lowest BCUT2D eigenvalue weighted by Crippen LogP contribution is -2.06. The fraction of sp³-hybridized carbons (Fsp3) is 0.409. The molecular formula is C22H28O3. The third-order valence-corrected chi connectivity index (χ3v) is 4.51. The molecule has 0 bridgehead atoms. The normalized spacial score (nSPS) is 11.9. The summed E-state index contributed by atoms with van der Waals surface area (Å²) in [5, 5.41) is 8.51. The van der Waals surface area contributed by atoms with Crippen LogP contribution in [0.25, 0.3) is 0 Å². The summed E-state index contributed by atoms with van der Waals surface area (Å²) in [6.07, 6.45) is 4.95. The fourth-order valence-corrected chi connectivity index (χ4v) is 3.35. The first-order valence-corrected chi connectivity index (χ1v) is 9.20. The molecular weight excluding hydrogens is 312 g/mol. The highest BCUT2D eigenvalue weighted by Crippen LogP contribution is 2.32. The zero-order valence-corrected chi connectivity index (χ0v) is 15.0. The number of carbonyl (C=O) groups is 1. The van der Waals surface area contributed by atoms with E-state index in [4.69, 9.17) is 5.11 Å². The van der Waals surface area contributed by atoms with E-state index in [0.717, 1.165) is 38.5 Å². The van der Waals surface area contributed by atoms with E-state index in [1.54, 1.807) is 0 Å². The number of benzene rings is 2. The first-order valence-electron chi connectivity index (χ1n) is 9.20. The minimum atomic E-state index is -1.18. The van der Waals surface area contributed by atoms with Gasteiger partial charge in [0.05, 0.1) is 6.61 Å². The van der Waals surface area contributed by atoms with E-state index in [2.05, 4.69) is 66.3 Å². The van der Waals surface area contributed by atoms with Crippen LogP contribution in [0.3, 0.4) is 0 Å². The van der Waals surface area contributed by atoms with Gasteiger partial charge in [0.25, 0.3) is 0 Å². The van der Waals surface area contributed by atoms with Gasteiger partial charge in [0.1, 0.15) is 0 Å². The first kappa shape index (κ1) is 19.0. The van der Waals surface area contributed by atoms with Crippen LogP contribution in [0.5, 0.6) is 0 Å². The number of ether oxygens (including phenoxy) is 1. The Labute approximate surface area is 150 Å². The molecule has 2 aromatic carbocycles. The van der Waals surface area contributed by atoms with Crippen molar-refractivity contribution in [2.75, 3.05) is 6.61 Å². The predicted octanol–water partition coefficient (Wildman–Crippen LogP) is 6.03. The molecule has 0 spiro atoms.